The van der Waals surface area contributed by atoms with Gasteiger partial charge in [0.1, 0.15) is 9.97 Å². The number of hydrogen-bond donors (Lipinski definition) is 1. The number of rotatable bonds is 6. The number of aryl methyl sites for hydroxylation is 1. The fourth-order valence-corrected chi connectivity index (χ4v) is 7.20. The van der Waals surface area contributed by atoms with Crippen LogP contribution in [-0.2, 0) is 19.4 Å². The van der Waals surface area contributed by atoms with Gasteiger partial charge in [-0.05, 0) is 36.8 Å². The van der Waals surface area contributed by atoms with E-state index in [1.165, 1.54) is 0 Å². The number of carbonyl (C=O) groups is 2. The molecule has 5 rings (SSSR count). The summed E-state index contributed by atoms with van der Waals surface area (Å²) in [6.45, 7) is 1.87. The maximum absolute atomic E-state index is 13.4. The van der Waals surface area contributed by atoms with E-state index in [-0.39, 0.29) is 31.3 Å². The van der Waals surface area contributed by atoms with E-state index in [1.54, 1.807) is 48.5 Å². The number of anilines is 1. The van der Waals surface area contributed by atoms with E-state index in [0.717, 1.165) is 40.9 Å². The smallest absolute Gasteiger partial charge is 0.301 e. The molecule has 0 bridgehead atoms. The minimum Gasteiger partial charge on any atom is -0.507 e. The van der Waals surface area contributed by atoms with Gasteiger partial charge in [0, 0.05) is 22.2 Å². The quantitative estimate of drug-likeness (QED) is 0.0945. The fraction of sp³-hybridized carbons (Fsp3) is 0.0741. The van der Waals surface area contributed by atoms with Gasteiger partial charge in [0.25, 0.3) is 11.5 Å². The maximum atomic E-state index is 13.4. The number of nitro groups is 1. The van der Waals surface area contributed by atoms with Gasteiger partial charge in [0.05, 0.1) is 27.6 Å². The molecule has 10 nitrogen and oxygen atoms in total. The summed E-state index contributed by atoms with van der Waals surface area (Å²) >= 11 is 4.06. The van der Waals surface area contributed by atoms with Crippen LogP contribution in [-0.4, -0.2) is 35.1 Å². The number of aromatic nitrogens is 1. The van der Waals surface area contributed by atoms with Crippen molar-refractivity contribution in [1.82, 2.24) is 4.98 Å². The molecule has 1 aliphatic heterocycles. The molecule has 1 saturated heterocycles. The lowest BCUT2D eigenvalue weighted by Crippen LogP contribution is -2.29. The molecule has 1 fully saturated rings. The Bertz CT molecular complexity index is 1820. The molecule has 0 spiro atoms. The summed E-state index contributed by atoms with van der Waals surface area (Å²) in [6.07, 6.45) is 1.06. The van der Waals surface area contributed by atoms with Gasteiger partial charge in [0.2, 0.25) is 9.84 Å². The van der Waals surface area contributed by atoms with Crippen molar-refractivity contribution >= 4 is 65.4 Å². The third-order valence-corrected chi connectivity index (χ3v) is 9.96. The molecule has 202 valence electrons. The number of non-ortho nitro benzene ring substituents is 1. The Hall–Kier alpha value is -4.20. The summed E-state index contributed by atoms with van der Waals surface area (Å²) in [7, 11) is -4.15. The number of benzene rings is 3. The van der Waals surface area contributed by atoms with Crippen molar-refractivity contribution in [2.24, 2.45) is 0 Å². The third kappa shape index (κ3) is 4.83. The second-order valence-corrected chi connectivity index (χ2v) is 12.9. The van der Waals surface area contributed by atoms with E-state index >= 15 is 0 Å². The predicted molar refractivity (Wildman–Crippen MR) is 151 cm³/mol. The van der Waals surface area contributed by atoms with Gasteiger partial charge in [-0.25, -0.2) is 13.4 Å². The number of carbonyl (C=O) groups excluding carboxylic acids is 2. The number of ketones is 1. The SMILES string of the molecule is Cc1ccc(C(O)=C2C(=O)C(=O)N(c3ncc(S(=O)(=O)c4ccc([N+](=O)[O-])cc4)s3)[C@@H]2c2cccc(Br)c2)cc1. The van der Waals surface area contributed by atoms with E-state index in [0.29, 0.717) is 26.9 Å². The van der Waals surface area contributed by atoms with Crippen LogP contribution in [0.4, 0.5) is 10.8 Å². The standard InChI is InChI=1S/C27H18BrN3O7S2/c1-15-5-7-16(8-6-15)24(32)22-23(17-3-2-4-18(28)13-17)30(26(34)25(22)33)27-29-14-21(39-27)40(37,38)20-11-9-19(10-12-20)31(35)36/h2-14,23,32H,1H3/t23-/m1/s1. The van der Waals surface area contributed by atoms with Gasteiger partial charge in [-0.1, -0.05) is 69.2 Å². The second-order valence-electron chi connectivity index (χ2n) is 8.81. The summed E-state index contributed by atoms with van der Waals surface area (Å²) in [5.41, 5.74) is 1.32. The molecule has 3 aromatic carbocycles. The van der Waals surface area contributed by atoms with Gasteiger partial charge < -0.3 is 5.11 Å². The van der Waals surface area contributed by atoms with Gasteiger partial charge in [-0.15, -0.1) is 0 Å². The lowest BCUT2D eigenvalue weighted by Gasteiger charge is -2.23. The molecule has 1 aromatic heterocycles. The van der Waals surface area contributed by atoms with E-state index in [2.05, 4.69) is 20.9 Å². The Morgan fingerprint density at radius 2 is 1.75 bits per heavy atom. The van der Waals surface area contributed by atoms with E-state index in [4.69, 9.17) is 0 Å². The van der Waals surface area contributed by atoms with Crippen molar-refractivity contribution < 1.29 is 28.0 Å². The van der Waals surface area contributed by atoms with Gasteiger partial charge in [0.15, 0.2) is 5.13 Å². The van der Waals surface area contributed by atoms with Crippen LogP contribution in [0, 0.1) is 17.0 Å². The zero-order valence-electron chi connectivity index (χ0n) is 20.5. The van der Waals surface area contributed by atoms with Crippen LogP contribution < -0.4 is 4.90 Å². The number of aliphatic hydroxyl groups is 1. The van der Waals surface area contributed by atoms with Crippen molar-refractivity contribution in [3.8, 4) is 0 Å². The fourth-order valence-electron chi connectivity index (χ4n) is 4.24. The normalized spacial score (nSPS) is 16.9. The average Bonchev–Trinajstić information content (AvgIpc) is 3.52. The lowest BCUT2D eigenvalue weighted by molar-refractivity contribution is -0.384. The number of nitrogens with zero attached hydrogens (tertiary/aromatic N) is 3. The minimum absolute atomic E-state index is 0.0736. The van der Waals surface area contributed by atoms with Crippen molar-refractivity contribution in [3.63, 3.8) is 0 Å². The van der Waals surface area contributed by atoms with Crippen molar-refractivity contribution in [2.45, 2.75) is 22.1 Å². The first-order chi connectivity index (χ1) is 19.0. The highest BCUT2D eigenvalue weighted by atomic mass is 79.9. The summed E-state index contributed by atoms with van der Waals surface area (Å²) in [5, 5.41) is 22.1. The zero-order chi connectivity index (χ0) is 28.8. The number of thiazole rings is 1. The number of sulfone groups is 1. The van der Waals surface area contributed by atoms with Gasteiger partial charge >= 0.3 is 5.91 Å². The highest BCUT2D eigenvalue weighted by Gasteiger charge is 2.48. The predicted octanol–water partition coefficient (Wildman–Crippen LogP) is 5.58. The van der Waals surface area contributed by atoms with Crippen molar-refractivity contribution in [1.29, 1.82) is 0 Å². The van der Waals surface area contributed by atoms with Crippen molar-refractivity contribution in [2.75, 3.05) is 4.90 Å². The van der Waals surface area contributed by atoms with Gasteiger partial charge in [-0.2, -0.15) is 0 Å². The highest BCUT2D eigenvalue weighted by molar-refractivity contribution is 9.10. The molecule has 4 aromatic rings. The van der Waals surface area contributed by atoms with E-state index < -0.39 is 32.5 Å². The lowest BCUT2D eigenvalue weighted by atomic mass is 9.95. The molecular weight excluding hydrogens is 622 g/mol. The minimum atomic E-state index is -4.15. The largest absolute Gasteiger partial charge is 0.507 e. The van der Waals surface area contributed by atoms with Crippen LogP contribution >= 0.6 is 27.3 Å². The van der Waals surface area contributed by atoms with Gasteiger partial charge in [-0.3, -0.25) is 24.6 Å². The first-order valence-corrected chi connectivity index (χ1v) is 14.7. The van der Waals surface area contributed by atoms with E-state index in [1.807, 2.05) is 6.92 Å². The Kier molecular flexibility index (Phi) is 7.12. The number of halogens is 1. The Labute approximate surface area is 240 Å². The Morgan fingerprint density at radius 1 is 1.07 bits per heavy atom. The summed E-state index contributed by atoms with van der Waals surface area (Å²) in [4.78, 5) is 42.1. The molecule has 1 aliphatic rings. The molecule has 1 N–H and O–H groups in total. The zero-order valence-corrected chi connectivity index (χ0v) is 23.7. The summed E-state index contributed by atoms with van der Waals surface area (Å²) in [5.74, 6) is -2.30. The Balaban J connectivity index is 1.62. The molecule has 13 heteroatoms. The molecule has 40 heavy (non-hydrogen) atoms. The molecule has 0 aliphatic carbocycles. The molecule has 0 unspecified atom stereocenters. The molecule has 0 saturated carbocycles. The molecular formula is C27H18BrN3O7S2. The summed E-state index contributed by atoms with van der Waals surface area (Å²) in [6, 6.07) is 16.9. The average molecular weight is 640 g/mol. The first kappa shape index (κ1) is 27.4. The Morgan fingerprint density at radius 3 is 2.38 bits per heavy atom. The number of Topliss-reactive ketones (excluding diaryl/α,β-unsaturated/α-hetero) is 1. The van der Waals surface area contributed by atoms with Crippen LogP contribution in [0.5, 0.6) is 0 Å². The number of nitro benzene ring substituents is 1. The van der Waals surface area contributed by atoms with Crippen LogP contribution in [0.3, 0.4) is 0 Å². The summed E-state index contributed by atoms with van der Waals surface area (Å²) < 4.78 is 26.9. The van der Waals surface area contributed by atoms with Crippen molar-refractivity contribution in [3.05, 3.63) is 116 Å². The first-order valence-electron chi connectivity index (χ1n) is 11.6. The van der Waals surface area contributed by atoms with Crippen LogP contribution in [0.1, 0.15) is 22.7 Å². The topological polar surface area (TPSA) is 148 Å². The number of hydrogen-bond acceptors (Lipinski definition) is 9. The van der Waals surface area contributed by atoms with Crippen LogP contribution in [0.15, 0.2) is 98.1 Å². The van der Waals surface area contributed by atoms with Crippen LogP contribution in [0.2, 0.25) is 0 Å². The maximum Gasteiger partial charge on any atom is 0.301 e. The monoisotopic (exact) mass is 639 g/mol. The number of aliphatic hydroxyl groups excluding tert-OH is 1. The molecule has 1 atom stereocenters. The highest BCUT2D eigenvalue weighted by Crippen LogP contribution is 2.44. The molecule has 2 heterocycles. The third-order valence-electron chi connectivity index (χ3n) is 6.23. The van der Waals surface area contributed by atoms with Crippen LogP contribution in [0.25, 0.3) is 5.76 Å². The molecule has 1 amide bonds. The van der Waals surface area contributed by atoms with E-state index in [9.17, 15) is 33.2 Å². The molecule has 0 radical (unpaired) electrons. The number of amides is 1. The second kappa shape index (κ2) is 10.4.